The van der Waals surface area contributed by atoms with Crippen molar-refractivity contribution in [1.82, 2.24) is 14.8 Å². The van der Waals surface area contributed by atoms with Crippen molar-refractivity contribution in [2.75, 3.05) is 5.32 Å². The van der Waals surface area contributed by atoms with Gasteiger partial charge in [0, 0.05) is 18.5 Å². The van der Waals surface area contributed by atoms with E-state index in [-0.39, 0.29) is 12.5 Å². The smallest absolute Gasteiger partial charge is 0.246 e. The quantitative estimate of drug-likeness (QED) is 0.795. The fourth-order valence-electron chi connectivity index (χ4n) is 1.13. The summed E-state index contributed by atoms with van der Waals surface area (Å²) in [5, 5.41) is 6.59. The highest BCUT2D eigenvalue weighted by molar-refractivity contribution is 5.90. The van der Waals surface area contributed by atoms with Gasteiger partial charge in [0.05, 0.1) is 18.1 Å². The van der Waals surface area contributed by atoms with E-state index in [1.807, 2.05) is 0 Å². The third-order valence-corrected chi connectivity index (χ3v) is 1.76. The number of pyridine rings is 1. The minimum absolute atomic E-state index is 0.139. The molecule has 15 heavy (non-hydrogen) atoms. The first-order chi connectivity index (χ1) is 7.34. The van der Waals surface area contributed by atoms with Gasteiger partial charge in [0.25, 0.3) is 0 Å². The Morgan fingerprint density at radius 3 is 3.20 bits per heavy atom. The molecule has 0 fully saturated rings. The molecular weight excluding hydrogens is 192 g/mol. The summed E-state index contributed by atoms with van der Waals surface area (Å²) in [6, 6.07) is 6.30. The lowest BCUT2D eigenvalue weighted by Gasteiger charge is -2.03. The van der Waals surface area contributed by atoms with Crippen LogP contribution in [0.4, 0.5) is 5.69 Å². The maximum atomic E-state index is 11.5. The number of hydrogen-bond donors (Lipinski definition) is 1. The zero-order valence-corrected chi connectivity index (χ0v) is 7.92. The first-order valence-corrected chi connectivity index (χ1v) is 4.43. The average molecular weight is 201 g/mol. The van der Waals surface area contributed by atoms with Crippen LogP contribution in [-0.4, -0.2) is 20.7 Å². The van der Waals surface area contributed by atoms with Crippen molar-refractivity contribution in [2.24, 2.45) is 0 Å². The molecule has 5 nitrogen and oxygen atoms in total. The van der Waals surface area contributed by atoms with Crippen molar-refractivity contribution in [2.45, 2.75) is 6.54 Å². The molecule has 1 amide bonds. The number of hydrogen-bond acceptors (Lipinski definition) is 3. The monoisotopic (exact) mass is 201 g/mol. The molecule has 75 valence electrons. The highest BCUT2D eigenvalue weighted by Crippen LogP contribution is 2.02. The second-order valence-electron chi connectivity index (χ2n) is 2.93. The Hall–Kier alpha value is -2.17. The Morgan fingerprint density at radius 2 is 2.53 bits per heavy atom. The molecule has 0 aliphatic heterocycles. The number of nitrogens with zero attached hydrogens (tertiary/aromatic N) is 3. The van der Waals surface area contributed by atoms with Gasteiger partial charge in [-0.15, -0.1) is 0 Å². The molecule has 0 atom stereocenters. The lowest BCUT2D eigenvalue weighted by atomic mass is 10.4. The largest absolute Gasteiger partial charge is 0.323 e. The number of rotatable bonds is 3. The molecule has 2 heterocycles. The maximum Gasteiger partial charge on any atom is 0.246 e. The van der Waals surface area contributed by atoms with Gasteiger partial charge in [-0.05, 0) is 12.1 Å². The number of carbonyl (C=O) groups excluding carboxylic acids is 1. The molecule has 0 aliphatic rings. The third-order valence-electron chi connectivity index (χ3n) is 1.76. The van der Waals surface area contributed by atoms with Gasteiger partial charge in [-0.1, -0.05) is 0 Å². The zero-order valence-electron chi connectivity index (χ0n) is 7.92. The first kappa shape index (κ1) is 9.39. The molecule has 2 aromatic rings. The van der Waals surface area contributed by atoms with E-state index < -0.39 is 0 Å². The predicted molar refractivity (Wildman–Crippen MR) is 53.9 cm³/mol. The minimum atomic E-state index is -0.139. The fourth-order valence-corrected chi connectivity index (χ4v) is 1.13. The summed E-state index contributed by atoms with van der Waals surface area (Å²) in [4.78, 5) is 15.4. The van der Waals surface area contributed by atoms with Gasteiger partial charge in [-0.2, -0.15) is 5.10 Å². The van der Waals surface area contributed by atoms with Crippen LogP contribution in [0.2, 0.25) is 0 Å². The molecule has 0 aliphatic carbocycles. The van der Waals surface area contributed by atoms with Crippen molar-refractivity contribution < 1.29 is 4.79 Å². The minimum Gasteiger partial charge on any atom is -0.323 e. The lowest BCUT2D eigenvalue weighted by Crippen LogP contribution is -2.18. The summed E-state index contributed by atoms with van der Waals surface area (Å²) in [5.41, 5.74) is 0.679. The van der Waals surface area contributed by atoms with E-state index in [1.54, 1.807) is 30.7 Å². The van der Waals surface area contributed by atoms with Crippen LogP contribution in [-0.2, 0) is 11.3 Å². The van der Waals surface area contributed by atoms with E-state index >= 15 is 0 Å². The maximum absolute atomic E-state index is 11.5. The van der Waals surface area contributed by atoms with Crippen molar-refractivity contribution in [1.29, 1.82) is 0 Å². The predicted octanol–water partition coefficient (Wildman–Crippen LogP) is 0.717. The van der Waals surface area contributed by atoms with E-state index in [4.69, 9.17) is 0 Å². The molecule has 5 heteroatoms. The molecular formula is C10H9N4O. The van der Waals surface area contributed by atoms with Gasteiger partial charge in [0.15, 0.2) is 0 Å². The van der Waals surface area contributed by atoms with Crippen LogP contribution in [0.5, 0.6) is 0 Å². The summed E-state index contributed by atoms with van der Waals surface area (Å²) < 4.78 is 1.51. The molecule has 1 N–H and O–H groups in total. The van der Waals surface area contributed by atoms with Crippen molar-refractivity contribution in [3.8, 4) is 0 Å². The summed E-state index contributed by atoms with van der Waals surface area (Å²) in [5.74, 6) is -0.139. The number of nitrogens with one attached hydrogen (secondary N) is 1. The van der Waals surface area contributed by atoms with Crippen molar-refractivity contribution in [3.05, 3.63) is 43.0 Å². The number of anilines is 1. The van der Waals surface area contributed by atoms with Crippen LogP contribution in [0.15, 0.2) is 36.9 Å². The second-order valence-corrected chi connectivity index (χ2v) is 2.93. The van der Waals surface area contributed by atoms with E-state index in [2.05, 4.69) is 21.5 Å². The molecule has 0 saturated carbocycles. The Morgan fingerprint density at radius 1 is 1.60 bits per heavy atom. The Labute approximate surface area is 86.8 Å². The number of carbonyl (C=O) groups is 1. The van der Waals surface area contributed by atoms with Gasteiger partial charge >= 0.3 is 0 Å². The third kappa shape index (κ3) is 2.63. The SMILES string of the molecule is O=C(Cn1c[c]cn1)Nc1cccnc1. The van der Waals surface area contributed by atoms with Crippen LogP contribution in [0.25, 0.3) is 0 Å². The number of aromatic nitrogens is 3. The number of amides is 1. The first-order valence-electron chi connectivity index (χ1n) is 4.43. The summed E-state index contributed by atoms with van der Waals surface area (Å²) >= 11 is 0. The fraction of sp³-hybridized carbons (Fsp3) is 0.100. The van der Waals surface area contributed by atoms with Crippen molar-refractivity contribution >= 4 is 11.6 Å². The van der Waals surface area contributed by atoms with Gasteiger partial charge in [0.2, 0.25) is 5.91 Å². The normalized spacial score (nSPS) is 9.87. The van der Waals surface area contributed by atoms with E-state index in [0.29, 0.717) is 5.69 Å². The summed E-state index contributed by atoms with van der Waals surface area (Å²) in [6.07, 6.45) is 6.37. The molecule has 0 bridgehead atoms. The molecule has 0 saturated heterocycles. The van der Waals surface area contributed by atoms with Crippen LogP contribution >= 0.6 is 0 Å². The topological polar surface area (TPSA) is 59.8 Å². The van der Waals surface area contributed by atoms with Crippen LogP contribution in [0.1, 0.15) is 0 Å². The molecule has 2 rings (SSSR count). The van der Waals surface area contributed by atoms with E-state index in [1.165, 1.54) is 10.9 Å². The van der Waals surface area contributed by atoms with Crippen LogP contribution in [0, 0.1) is 6.07 Å². The van der Waals surface area contributed by atoms with E-state index in [0.717, 1.165) is 0 Å². The van der Waals surface area contributed by atoms with E-state index in [9.17, 15) is 4.79 Å². The van der Waals surface area contributed by atoms with Crippen LogP contribution in [0.3, 0.4) is 0 Å². The molecule has 0 spiro atoms. The molecule has 0 unspecified atom stereocenters. The molecule has 1 radical (unpaired) electrons. The highest BCUT2D eigenvalue weighted by atomic mass is 16.2. The summed E-state index contributed by atoms with van der Waals surface area (Å²) in [7, 11) is 0. The van der Waals surface area contributed by atoms with Gasteiger partial charge in [0.1, 0.15) is 6.54 Å². The van der Waals surface area contributed by atoms with Crippen molar-refractivity contribution in [3.63, 3.8) is 0 Å². The molecule has 2 aromatic heterocycles. The second kappa shape index (κ2) is 4.36. The lowest BCUT2D eigenvalue weighted by molar-refractivity contribution is -0.116. The van der Waals surface area contributed by atoms with Gasteiger partial charge < -0.3 is 5.32 Å². The zero-order chi connectivity index (χ0) is 10.5. The standard InChI is InChI=1S/C10H9N4O/c15-10(8-14-6-2-5-12-14)13-9-3-1-4-11-7-9/h1,3-7H,8H2,(H,13,15). The van der Waals surface area contributed by atoms with Gasteiger partial charge in [-0.25, -0.2) is 0 Å². The summed E-state index contributed by atoms with van der Waals surface area (Å²) in [6.45, 7) is 0.179. The average Bonchev–Trinajstić information content (AvgIpc) is 2.71. The Kier molecular flexibility index (Phi) is 2.73. The molecule has 0 aromatic carbocycles. The Balaban J connectivity index is 1.94. The van der Waals surface area contributed by atoms with Gasteiger partial charge in [-0.3, -0.25) is 14.5 Å². The van der Waals surface area contributed by atoms with Crippen LogP contribution < -0.4 is 5.32 Å². The highest BCUT2D eigenvalue weighted by Gasteiger charge is 2.02. The Bertz CT molecular complexity index is 424.